The molecule has 1 aliphatic rings. The fourth-order valence-electron chi connectivity index (χ4n) is 2.54. The molecule has 25 heavy (non-hydrogen) atoms. The zero-order chi connectivity index (χ0) is 18.7. The van der Waals surface area contributed by atoms with E-state index in [0.717, 1.165) is 19.3 Å². The van der Waals surface area contributed by atoms with E-state index in [1.54, 1.807) is 32.4 Å². The zero-order valence-corrected chi connectivity index (χ0v) is 16.4. The van der Waals surface area contributed by atoms with Crippen LogP contribution < -0.4 is 10.1 Å². The molecule has 0 aliphatic heterocycles. The Labute approximate surface area is 155 Å². The van der Waals surface area contributed by atoms with Crippen LogP contribution in [-0.4, -0.2) is 37.9 Å². The first-order chi connectivity index (χ1) is 11.7. The topological polar surface area (TPSA) is 56.8 Å². The summed E-state index contributed by atoms with van der Waals surface area (Å²) in [4.78, 5) is 12.5. The minimum Gasteiger partial charge on any atom is -0.492 e. The molecule has 5 nitrogen and oxygen atoms in total. The Balaban J connectivity index is 1.96. The van der Waals surface area contributed by atoms with Crippen LogP contribution in [0.4, 0.5) is 5.69 Å². The number of ether oxygens (including phenoxy) is 3. The van der Waals surface area contributed by atoms with Gasteiger partial charge in [-0.25, -0.2) is 0 Å². The first kappa shape index (κ1) is 20.0. The molecule has 140 valence electrons. The molecule has 0 spiro atoms. The van der Waals surface area contributed by atoms with Gasteiger partial charge in [0.2, 0.25) is 0 Å². The average Bonchev–Trinajstić information content (AvgIpc) is 3.41. The normalized spacial score (nSPS) is 17.0. The molecule has 1 aromatic rings. The molecule has 0 unspecified atom stereocenters. The lowest BCUT2D eigenvalue weighted by Gasteiger charge is -2.26. The summed E-state index contributed by atoms with van der Waals surface area (Å²) in [5, 5.41) is 3.35. The highest BCUT2D eigenvalue weighted by molar-refractivity contribution is 6.32. The summed E-state index contributed by atoms with van der Waals surface area (Å²) in [6.45, 7) is 6.33. The van der Waals surface area contributed by atoms with Crippen molar-refractivity contribution < 1.29 is 19.0 Å². The number of carbonyl (C=O) groups is 1. The molecular formula is C19H28ClNO4. The molecule has 1 amide bonds. The first-order valence-corrected chi connectivity index (χ1v) is 8.94. The highest BCUT2D eigenvalue weighted by Crippen LogP contribution is 2.42. The molecule has 1 aliphatic carbocycles. The number of rotatable bonds is 9. The fourth-order valence-corrected chi connectivity index (χ4v) is 2.77. The van der Waals surface area contributed by atoms with Gasteiger partial charge in [-0.15, -0.1) is 0 Å². The second-order valence-corrected chi connectivity index (χ2v) is 7.65. The van der Waals surface area contributed by atoms with Crippen LogP contribution in [0.15, 0.2) is 18.2 Å². The van der Waals surface area contributed by atoms with E-state index in [1.807, 2.05) is 20.8 Å². The maximum Gasteiger partial charge on any atom is 0.256 e. The van der Waals surface area contributed by atoms with Crippen molar-refractivity contribution >= 4 is 23.2 Å². The molecule has 1 N–H and O–H groups in total. The van der Waals surface area contributed by atoms with Crippen LogP contribution in [0.5, 0.6) is 5.75 Å². The van der Waals surface area contributed by atoms with E-state index in [4.69, 9.17) is 25.8 Å². The largest absolute Gasteiger partial charge is 0.492 e. The van der Waals surface area contributed by atoms with E-state index in [2.05, 4.69) is 5.32 Å². The summed E-state index contributed by atoms with van der Waals surface area (Å²) >= 11 is 6.28. The zero-order valence-electron chi connectivity index (χ0n) is 15.6. The number of amides is 1. The lowest BCUT2D eigenvalue weighted by molar-refractivity contribution is -0.138. The standard InChI is InChI=1S/C19H28ClNO4/c1-18(2,23-4)10-11-25-16-9-8-14(12-15(16)20)21-17(22)19(3,24-5)13-6-7-13/h8-9,12-13H,6-7,10-11H2,1-5H3,(H,21,22)/t19-/m1/s1. The SMILES string of the molecule is COC(C)(C)CCOc1ccc(NC(=O)[C@](C)(OC)C2CC2)cc1Cl. The second-order valence-electron chi connectivity index (χ2n) is 7.25. The van der Waals surface area contributed by atoms with Gasteiger partial charge in [0, 0.05) is 26.3 Å². The van der Waals surface area contributed by atoms with Crippen molar-refractivity contribution in [2.45, 2.75) is 51.2 Å². The van der Waals surface area contributed by atoms with E-state index in [-0.39, 0.29) is 17.4 Å². The number of hydrogen-bond donors (Lipinski definition) is 1. The molecule has 1 aromatic carbocycles. The fraction of sp³-hybridized carbons (Fsp3) is 0.632. The summed E-state index contributed by atoms with van der Waals surface area (Å²) in [5.41, 5.74) is -0.412. The van der Waals surface area contributed by atoms with Gasteiger partial charge in [-0.1, -0.05) is 11.6 Å². The Kier molecular flexibility index (Phi) is 6.35. The molecule has 1 saturated carbocycles. The van der Waals surface area contributed by atoms with Crippen molar-refractivity contribution in [2.75, 3.05) is 26.1 Å². The summed E-state index contributed by atoms with van der Waals surface area (Å²) in [6.07, 6.45) is 2.78. The van der Waals surface area contributed by atoms with Crippen molar-refractivity contribution in [2.24, 2.45) is 5.92 Å². The smallest absolute Gasteiger partial charge is 0.256 e. The monoisotopic (exact) mass is 369 g/mol. The van der Waals surface area contributed by atoms with Gasteiger partial charge in [0.15, 0.2) is 0 Å². The van der Waals surface area contributed by atoms with Crippen molar-refractivity contribution in [3.63, 3.8) is 0 Å². The Hall–Kier alpha value is -1.30. The van der Waals surface area contributed by atoms with Crippen molar-refractivity contribution in [3.05, 3.63) is 23.2 Å². The van der Waals surface area contributed by atoms with Gasteiger partial charge >= 0.3 is 0 Å². The van der Waals surface area contributed by atoms with Gasteiger partial charge in [0.25, 0.3) is 5.91 Å². The Bertz CT molecular complexity index is 615. The predicted octanol–water partition coefficient (Wildman–Crippen LogP) is 4.29. The van der Waals surface area contributed by atoms with E-state index in [1.165, 1.54) is 0 Å². The van der Waals surface area contributed by atoms with Gasteiger partial charge < -0.3 is 19.5 Å². The minimum absolute atomic E-state index is 0.149. The lowest BCUT2D eigenvalue weighted by atomic mass is 9.99. The molecular weight excluding hydrogens is 342 g/mol. The van der Waals surface area contributed by atoms with E-state index in [0.29, 0.717) is 23.1 Å². The first-order valence-electron chi connectivity index (χ1n) is 8.56. The molecule has 1 fully saturated rings. The van der Waals surface area contributed by atoms with Crippen LogP contribution in [0.1, 0.15) is 40.0 Å². The molecule has 2 rings (SSSR count). The van der Waals surface area contributed by atoms with Crippen LogP contribution in [0.3, 0.4) is 0 Å². The Morgan fingerprint density at radius 2 is 1.92 bits per heavy atom. The average molecular weight is 370 g/mol. The number of benzene rings is 1. The van der Waals surface area contributed by atoms with E-state index < -0.39 is 5.60 Å². The van der Waals surface area contributed by atoms with E-state index >= 15 is 0 Å². The molecule has 1 atom stereocenters. The number of anilines is 1. The van der Waals surface area contributed by atoms with E-state index in [9.17, 15) is 4.79 Å². The van der Waals surface area contributed by atoms with Crippen molar-refractivity contribution in [1.82, 2.24) is 0 Å². The third-order valence-electron chi connectivity index (χ3n) is 4.94. The van der Waals surface area contributed by atoms with Crippen LogP contribution >= 0.6 is 11.6 Å². The maximum atomic E-state index is 12.5. The van der Waals surface area contributed by atoms with Crippen molar-refractivity contribution in [3.8, 4) is 5.75 Å². The Morgan fingerprint density at radius 1 is 1.24 bits per heavy atom. The predicted molar refractivity (Wildman–Crippen MR) is 99.4 cm³/mol. The van der Waals surface area contributed by atoms with Gasteiger partial charge in [-0.3, -0.25) is 4.79 Å². The summed E-state index contributed by atoms with van der Waals surface area (Å²) in [5.74, 6) is 0.715. The van der Waals surface area contributed by atoms with Crippen molar-refractivity contribution in [1.29, 1.82) is 0 Å². The minimum atomic E-state index is -0.798. The van der Waals surface area contributed by atoms with Gasteiger partial charge in [0.1, 0.15) is 11.4 Å². The van der Waals surface area contributed by atoms with Crippen LogP contribution in [-0.2, 0) is 14.3 Å². The highest BCUT2D eigenvalue weighted by atomic mass is 35.5. The Morgan fingerprint density at radius 3 is 2.44 bits per heavy atom. The maximum absolute atomic E-state index is 12.5. The highest BCUT2D eigenvalue weighted by Gasteiger charge is 2.47. The quantitative estimate of drug-likeness (QED) is 0.705. The summed E-state index contributed by atoms with van der Waals surface area (Å²) < 4.78 is 16.5. The molecule has 0 bridgehead atoms. The number of carbonyl (C=O) groups excluding carboxylic acids is 1. The molecule has 0 heterocycles. The molecule has 0 radical (unpaired) electrons. The van der Waals surface area contributed by atoms with Gasteiger partial charge in [-0.05, 0) is 57.7 Å². The lowest BCUT2D eigenvalue weighted by Crippen LogP contribution is -2.44. The number of halogens is 1. The summed E-state index contributed by atoms with van der Waals surface area (Å²) in [7, 11) is 3.25. The van der Waals surface area contributed by atoms with Gasteiger partial charge in [-0.2, -0.15) is 0 Å². The molecule has 0 aromatic heterocycles. The van der Waals surface area contributed by atoms with Crippen LogP contribution in [0, 0.1) is 5.92 Å². The molecule has 6 heteroatoms. The number of nitrogens with one attached hydrogen (secondary N) is 1. The van der Waals surface area contributed by atoms with Crippen LogP contribution in [0.25, 0.3) is 0 Å². The number of hydrogen-bond acceptors (Lipinski definition) is 4. The van der Waals surface area contributed by atoms with Crippen LogP contribution in [0.2, 0.25) is 5.02 Å². The third kappa shape index (κ3) is 5.09. The second kappa shape index (κ2) is 7.94. The molecule has 0 saturated heterocycles. The third-order valence-corrected chi connectivity index (χ3v) is 5.23. The summed E-state index contributed by atoms with van der Waals surface area (Å²) in [6, 6.07) is 5.24. The van der Waals surface area contributed by atoms with Gasteiger partial charge in [0.05, 0.1) is 17.2 Å². The number of methoxy groups -OCH3 is 2.